The van der Waals surface area contributed by atoms with Crippen LogP contribution in [0.15, 0.2) is 0 Å². The number of carbonyl (C=O) groups is 1. The van der Waals surface area contributed by atoms with Crippen molar-refractivity contribution in [1.82, 2.24) is 4.90 Å². The first-order valence-electron chi connectivity index (χ1n) is 3.33. The van der Waals surface area contributed by atoms with Crippen LogP contribution in [-0.4, -0.2) is 47.0 Å². The molecule has 1 fully saturated rings. The minimum atomic E-state index is -2.95. The van der Waals surface area contributed by atoms with E-state index in [4.69, 9.17) is 14.7 Å². The van der Waals surface area contributed by atoms with Crippen molar-refractivity contribution in [3.63, 3.8) is 0 Å². The van der Waals surface area contributed by atoms with Gasteiger partial charge in [-0.2, -0.15) is 0 Å². The minimum Gasteiger partial charge on any atom is -0.480 e. The third-order valence-electron chi connectivity index (χ3n) is 1.47. The molecular weight excluding hydrogens is 185 g/mol. The highest BCUT2D eigenvalue weighted by molar-refractivity contribution is 7.58. The molecule has 0 aromatic heterocycles. The summed E-state index contributed by atoms with van der Waals surface area (Å²) in [6, 6.07) is 0. The van der Waals surface area contributed by atoms with Gasteiger partial charge in [-0.15, -0.1) is 0 Å². The standard InChI is InChI=1S/C5H10NO5P/c7-4-12(10)3-6(2-11-12)1-5(8)9/h7H,1-4H2,(H,8,9). The lowest BCUT2D eigenvalue weighted by molar-refractivity contribution is -0.138. The second kappa shape index (κ2) is 3.53. The molecule has 1 unspecified atom stereocenters. The van der Waals surface area contributed by atoms with Crippen LogP contribution in [0.25, 0.3) is 0 Å². The van der Waals surface area contributed by atoms with Crippen molar-refractivity contribution in [3.8, 4) is 0 Å². The van der Waals surface area contributed by atoms with E-state index in [1.54, 1.807) is 0 Å². The Hall–Kier alpha value is -0.420. The molecule has 0 radical (unpaired) electrons. The van der Waals surface area contributed by atoms with E-state index in [-0.39, 0.29) is 19.6 Å². The Morgan fingerprint density at radius 3 is 2.75 bits per heavy atom. The van der Waals surface area contributed by atoms with Crippen molar-refractivity contribution in [2.45, 2.75) is 0 Å². The normalized spacial score (nSPS) is 30.8. The Kier molecular flexibility index (Phi) is 2.85. The maximum Gasteiger partial charge on any atom is 0.317 e. The van der Waals surface area contributed by atoms with Gasteiger partial charge in [0.2, 0.25) is 7.37 Å². The Labute approximate surface area is 69.2 Å². The lowest BCUT2D eigenvalue weighted by Crippen LogP contribution is -2.26. The second-order valence-corrected chi connectivity index (χ2v) is 5.03. The molecule has 1 heterocycles. The van der Waals surface area contributed by atoms with Crippen LogP contribution in [0.2, 0.25) is 0 Å². The molecule has 0 amide bonds. The van der Waals surface area contributed by atoms with Gasteiger partial charge in [-0.3, -0.25) is 14.3 Å². The van der Waals surface area contributed by atoms with E-state index in [0.717, 1.165) is 0 Å². The van der Waals surface area contributed by atoms with E-state index in [2.05, 4.69) is 0 Å². The predicted molar refractivity (Wildman–Crippen MR) is 39.9 cm³/mol. The van der Waals surface area contributed by atoms with Crippen LogP contribution in [0.1, 0.15) is 0 Å². The van der Waals surface area contributed by atoms with E-state index in [9.17, 15) is 9.36 Å². The van der Waals surface area contributed by atoms with E-state index < -0.39 is 19.7 Å². The van der Waals surface area contributed by atoms with Gasteiger partial charge in [-0.1, -0.05) is 0 Å². The number of carboxylic acid groups (broad SMARTS) is 1. The van der Waals surface area contributed by atoms with Crippen LogP contribution >= 0.6 is 7.37 Å². The van der Waals surface area contributed by atoms with E-state index in [1.165, 1.54) is 4.90 Å². The van der Waals surface area contributed by atoms with Crippen molar-refractivity contribution in [2.75, 3.05) is 25.9 Å². The van der Waals surface area contributed by atoms with Crippen LogP contribution in [0.4, 0.5) is 0 Å². The average molecular weight is 195 g/mol. The molecule has 7 heteroatoms. The number of aliphatic hydroxyl groups is 1. The Morgan fingerprint density at radius 2 is 2.33 bits per heavy atom. The molecule has 1 rings (SSSR count). The smallest absolute Gasteiger partial charge is 0.317 e. The Balaban J connectivity index is 2.45. The molecular formula is C5H10NO5P. The minimum absolute atomic E-state index is 0.0180. The predicted octanol–water partition coefficient (Wildman–Crippen LogP) is -0.454. The first kappa shape index (κ1) is 9.67. The Bertz CT molecular complexity index is 230. The molecule has 0 aromatic carbocycles. The summed E-state index contributed by atoms with van der Waals surface area (Å²) in [6.45, 7) is -0.186. The largest absolute Gasteiger partial charge is 0.480 e. The Morgan fingerprint density at radius 1 is 1.67 bits per heavy atom. The molecule has 0 aromatic rings. The summed E-state index contributed by atoms with van der Waals surface area (Å²) in [5.41, 5.74) is 0. The van der Waals surface area contributed by atoms with Crippen molar-refractivity contribution in [2.24, 2.45) is 0 Å². The highest BCUT2D eigenvalue weighted by atomic mass is 31.2. The molecule has 1 saturated heterocycles. The first-order valence-corrected chi connectivity index (χ1v) is 5.33. The molecule has 1 aliphatic heterocycles. The number of nitrogens with zero attached hydrogens (tertiary/aromatic N) is 1. The SMILES string of the molecule is O=C(O)CN1COP(=O)(CO)C1. The quantitative estimate of drug-likeness (QED) is 0.593. The fourth-order valence-corrected chi connectivity index (χ4v) is 2.36. The first-order chi connectivity index (χ1) is 5.56. The lowest BCUT2D eigenvalue weighted by atomic mass is 10.6. The summed E-state index contributed by atoms with van der Waals surface area (Å²) in [6.07, 6.45) is -0.501. The van der Waals surface area contributed by atoms with E-state index >= 15 is 0 Å². The lowest BCUT2D eigenvalue weighted by Gasteiger charge is -2.07. The van der Waals surface area contributed by atoms with Gasteiger partial charge in [0.1, 0.15) is 13.1 Å². The van der Waals surface area contributed by atoms with Crippen molar-refractivity contribution >= 4 is 13.3 Å². The van der Waals surface area contributed by atoms with Crippen LogP contribution in [0.5, 0.6) is 0 Å². The number of aliphatic carboxylic acids is 1. The number of aliphatic hydroxyl groups excluding tert-OH is 1. The van der Waals surface area contributed by atoms with Crippen LogP contribution in [-0.2, 0) is 13.9 Å². The highest BCUT2D eigenvalue weighted by Gasteiger charge is 2.33. The number of rotatable bonds is 3. The second-order valence-electron chi connectivity index (χ2n) is 2.58. The van der Waals surface area contributed by atoms with Crippen LogP contribution < -0.4 is 0 Å². The zero-order valence-corrected chi connectivity index (χ0v) is 7.24. The van der Waals surface area contributed by atoms with Gasteiger partial charge in [0.15, 0.2) is 0 Å². The van der Waals surface area contributed by atoms with Gasteiger partial charge in [-0.05, 0) is 0 Å². The zero-order chi connectivity index (χ0) is 9.19. The number of hydrogen-bond acceptors (Lipinski definition) is 5. The van der Waals surface area contributed by atoms with Gasteiger partial charge in [0.25, 0.3) is 0 Å². The molecule has 1 aliphatic rings. The fraction of sp³-hybridized carbons (Fsp3) is 0.800. The maximum atomic E-state index is 11.3. The van der Waals surface area contributed by atoms with Crippen LogP contribution in [0, 0.1) is 0 Å². The highest BCUT2D eigenvalue weighted by Crippen LogP contribution is 2.50. The monoisotopic (exact) mass is 195 g/mol. The molecule has 12 heavy (non-hydrogen) atoms. The molecule has 1 atom stereocenters. The van der Waals surface area contributed by atoms with Gasteiger partial charge in [0, 0.05) is 0 Å². The van der Waals surface area contributed by atoms with Crippen LogP contribution in [0.3, 0.4) is 0 Å². The number of carboxylic acids is 1. The van der Waals surface area contributed by atoms with E-state index in [1.807, 2.05) is 0 Å². The molecule has 0 aliphatic carbocycles. The molecule has 0 bridgehead atoms. The summed E-state index contributed by atoms with van der Waals surface area (Å²) in [7, 11) is -2.95. The molecule has 0 spiro atoms. The number of hydrogen-bond donors (Lipinski definition) is 2. The summed E-state index contributed by atoms with van der Waals surface area (Å²) in [5, 5.41) is 17.0. The van der Waals surface area contributed by atoms with Gasteiger partial charge < -0.3 is 14.7 Å². The van der Waals surface area contributed by atoms with Gasteiger partial charge in [-0.25, -0.2) is 0 Å². The summed E-state index contributed by atoms with van der Waals surface area (Å²) in [4.78, 5) is 11.6. The molecule has 0 saturated carbocycles. The van der Waals surface area contributed by atoms with E-state index in [0.29, 0.717) is 0 Å². The van der Waals surface area contributed by atoms with Gasteiger partial charge in [0.05, 0.1) is 12.8 Å². The summed E-state index contributed by atoms with van der Waals surface area (Å²) in [5.74, 6) is -0.995. The van der Waals surface area contributed by atoms with Gasteiger partial charge >= 0.3 is 5.97 Å². The third kappa shape index (κ3) is 2.28. The van der Waals surface area contributed by atoms with Crippen molar-refractivity contribution in [3.05, 3.63) is 0 Å². The molecule has 6 nitrogen and oxygen atoms in total. The molecule has 70 valence electrons. The average Bonchev–Trinajstić information content (AvgIpc) is 2.32. The van der Waals surface area contributed by atoms with Crippen molar-refractivity contribution in [1.29, 1.82) is 0 Å². The summed E-state index contributed by atoms with van der Waals surface area (Å²) < 4.78 is 16.0. The summed E-state index contributed by atoms with van der Waals surface area (Å²) >= 11 is 0. The third-order valence-corrected chi connectivity index (χ3v) is 3.31. The maximum absolute atomic E-state index is 11.3. The fourth-order valence-electron chi connectivity index (χ4n) is 0.946. The van der Waals surface area contributed by atoms with Crippen molar-refractivity contribution < 1.29 is 24.1 Å². The zero-order valence-electron chi connectivity index (χ0n) is 6.34. The topological polar surface area (TPSA) is 87.1 Å². The molecule has 2 N–H and O–H groups in total.